The Hall–Kier alpha value is -4.61. The summed E-state index contributed by atoms with van der Waals surface area (Å²) in [5.74, 6) is -0.411. The van der Waals surface area contributed by atoms with Crippen molar-refractivity contribution in [3.05, 3.63) is 71.8 Å². The van der Waals surface area contributed by atoms with E-state index in [-0.39, 0.29) is 38.2 Å². The van der Waals surface area contributed by atoms with E-state index in [1.807, 2.05) is 60.7 Å². The molecule has 0 saturated carbocycles. The fourth-order valence-corrected chi connectivity index (χ4v) is 4.16. The first-order valence-electron chi connectivity index (χ1n) is 14.4. The van der Waals surface area contributed by atoms with Gasteiger partial charge in [0.05, 0.1) is 0 Å². The number of nitrogens with one attached hydrogen (secondary N) is 3. The molecule has 1 aliphatic rings. The minimum absolute atomic E-state index is 0.0336. The highest BCUT2D eigenvalue weighted by molar-refractivity contribution is 6.01. The Morgan fingerprint density at radius 3 is 1.95 bits per heavy atom. The molecular formula is C31H41N5O7. The van der Waals surface area contributed by atoms with Gasteiger partial charge in [0.1, 0.15) is 24.9 Å². The molecule has 1 unspecified atom stereocenters. The van der Waals surface area contributed by atoms with Gasteiger partial charge in [-0.15, -0.1) is 0 Å². The Labute approximate surface area is 252 Å². The molecule has 1 atom stereocenters. The van der Waals surface area contributed by atoms with Gasteiger partial charge in [-0.3, -0.25) is 25.3 Å². The molecule has 12 nitrogen and oxygen atoms in total. The molecule has 1 heterocycles. The average Bonchev–Trinajstić information content (AvgIpc) is 2.99. The molecule has 43 heavy (non-hydrogen) atoms. The van der Waals surface area contributed by atoms with Gasteiger partial charge in [-0.05, 0) is 57.6 Å². The van der Waals surface area contributed by atoms with E-state index >= 15 is 0 Å². The summed E-state index contributed by atoms with van der Waals surface area (Å²) < 4.78 is 15.9. The predicted molar refractivity (Wildman–Crippen MR) is 160 cm³/mol. The number of carbonyl (C=O) groups excluding carboxylic acids is 4. The van der Waals surface area contributed by atoms with Gasteiger partial charge < -0.3 is 19.5 Å². The zero-order valence-electron chi connectivity index (χ0n) is 25.0. The third-order valence-corrected chi connectivity index (χ3v) is 6.20. The van der Waals surface area contributed by atoms with Gasteiger partial charge in [0, 0.05) is 19.6 Å². The Kier molecular flexibility index (Phi) is 12.8. The van der Waals surface area contributed by atoms with E-state index in [0.29, 0.717) is 19.4 Å². The quantitative estimate of drug-likeness (QED) is 0.167. The number of alkyl carbamates (subject to hydrolysis) is 2. The monoisotopic (exact) mass is 595 g/mol. The number of guanidine groups is 1. The molecule has 0 aromatic heterocycles. The molecule has 3 N–H and O–H groups in total. The summed E-state index contributed by atoms with van der Waals surface area (Å²) in [6, 6.07) is 17.7. The lowest BCUT2D eigenvalue weighted by atomic mass is 10.0. The maximum absolute atomic E-state index is 12.9. The molecule has 2 aromatic carbocycles. The Bertz CT molecular complexity index is 1170. The highest BCUT2D eigenvalue weighted by Crippen LogP contribution is 2.20. The second kappa shape index (κ2) is 16.7. The maximum Gasteiger partial charge on any atom is 0.414 e. The Morgan fingerprint density at radius 2 is 1.42 bits per heavy atom. The number of nitrogens with zero attached hydrogens (tertiary/aromatic N) is 2. The summed E-state index contributed by atoms with van der Waals surface area (Å²) in [6.45, 7) is 6.31. The number of aliphatic imine (C=N–C) groups is 1. The minimum atomic E-state index is -0.807. The summed E-state index contributed by atoms with van der Waals surface area (Å²) >= 11 is 0. The average molecular weight is 596 g/mol. The van der Waals surface area contributed by atoms with E-state index in [1.165, 1.54) is 4.90 Å². The number of benzene rings is 2. The summed E-state index contributed by atoms with van der Waals surface area (Å²) in [4.78, 5) is 56.1. The molecule has 0 bridgehead atoms. The minimum Gasteiger partial charge on any atom is -0.444 e. The van der Waals surface area contributed by atoms with Crippen molar-refractivity contribution in [3.63, 3.8) is 0 Å². The summed E-state index contributed by atoms with van der Waals surface area (Å²) in [5, 5.41) is 7.72. The molecule has 1 saturated heterocycles. The van der Waals surface area contributed by atoms with Crippen molar-refractivity contribution in [2.75, 3.05) is 19.6 Å². The lowest BCUT2D eigenvalue weighted by molar-refractivity contribution is -0.127. The van der Waals surface area contributed by atoms with E-state index < -0.39 is 29.9 Å². The zero-order chi connectivity index (χ0) is 31.1. The van der Waals surface area contributed by atoms with Crippen LogP contribution in [0.15, 0.2) is 65.7 Å². The lowest BCUT2D eigenvalue weighted by Crippen LogP contribution is -2.53. The number of hydrogen-bond donors (Lipinski definition) is 3. The number of amides is 4. The third kappa shape index (κ3) is 12.4. The molecule has 3 rings (SSSR count). The van der Waals surface area contributed by atoms with E-state index in [1.54, 1.807) is 20.8 Å². The van der Waals surface area contributed by atoms with Crippen LogP contribution in [-0.4, -0.2) is 66.3 Å². The van der Waals surface area contributed by atoms with Gasteiger partial charge in [-0.2, -0.15) is 0 Å². The number of rotatable bonds is 9. The Balaban J connectivity index is 1.52. The van der Waals surface area contributed by atoms with Crippen molar-refractivity contribution in [3.8, 4) is 0 Å². The van der Waals surface area contributed by atoms with Crippen LogP contribution in [0.3, 0.4) is 0 Å². The fourth-order valence-electron chi connectivity index (χ4n) is 4.16. The molecule has 1 fully saturated rings. The van der Waals surface area contributed by atoms with Gasteiger partial charge in [0.2, 0.25) is 11.9 Å². The summed E-state index contributed by atoms with van der Waals surface area (Å²) in [7, 11) is 0. The van der Waals surface area contributed by atoms with Gasteiger partial charge in [0.15, 0.2) is 0 Å². The fraction of sp³-hybridized carbons (Fsp3) is 0.452. The topological polar surface area (TPSA) is 148 Å². The molecule has 2 aromatic rings. The Morgan fingerprint density at radius 1 is 0.860 bits per heavy atom. The van der Waals surface area contributed by atoms with Crippen LogP contribution in [0.1, 0.15) is 57.6 Å². The molecule has 1 aliphatic heterocycles. The second-order valence-corrected chi connectivity index (χ2v) is 10.9. The van der Waals surface area contributed by atoms with Crippen molar-refractivity contribution in [1.82, 2.24) is 20.9 Å². The van der Waals surface area contributed by atoms with Crippen LogP contribution in [0, 0.1) is 0 Å². The highest BCUT2D eigenvalue weighted by atomic mass is 16.6. The molecular weight excluding hydrogens is 554 g/mol. The first kappa shape index (κ1) is 32.9. The van der Waals surface area contributed by atoms with Gasteiger partial charge in [0.25, 0.3) is 0 Å². The molecule has 0 aliphatic carbocycles. The van der Waals surface area contributed by atoms with Gasteiger partial charge in [-0.25, -0.2) is 14.4 Å². The molecule has 232 valence electrons. The van der Waals surface area contributed by atoms with Crippen LogP contribution in [-0.2, 0) is 32.2 Å². The third-order valence-electron chi connectivity index (χ3n) is 6.20. The molecule has 0 radical (unpaired) electrons. The van der Waals surface area contributed by atoms with Crippen LogP contribution in [0.25, 0.3) is 0 Å². The van der Waals surface area contributed by atoms with E-state index in [4.69, 9.17) is 14.2 Å². The first-order chi connectivity index (χ1) is 20.6. The highest BCUT2D eigenvalue weighted by Gasteiger charge is 2.34. The summed E-state index contributed by atoms with van der Waals surface area (Å²) in [5.41, 5.74) is 0.936. The van der Waals surface area contributed by atoms with Crippen LogP contribution < -0.4 is 16.0 Å². The van der Waals surface area contributed by atoms with Crippen LogP contribution in [0.5, 0.6) is 0 Å². The smallest absolute Gasteiger partial charge is 0.414 e. The van der Waals surface area contributed by atoms with Crippen molar-refractivity contribution in [2.24, 2.45) is 4.99 Å². The van der Waals surface area contributed by atoms with Crippen molar-refractivity contribution in [1.29, 1.82) is 0 Å². The van der Waals surface area contributed by atoms with Crippen molar-refractivity contribution in [2.45, 2.75) is 71.3 Å². The lowest BCUT2D eigenvalue weighted by Gasteiger charge is -2.35. The predicted octanol–water partition coefficient (Wildman–Crippen LogP) is 4.49. The number of hydrogen-bond acceptors (Lipinski definition) is 8. The van der Waals surface area contributed by atoms with E-state index in [9.17, 15) is 19.2 Å². The normalized spacial score (nSPS) is 14.6. The van der Waals surface area contributed by atoms with Crippen molar-refractivity contribution < 1.29 is 33.4 Å². The number of ether oxygens (including phenoxy) is 3. The first-order valence-corrected chi connectivity index (χ1v) is 14.4. The molecule has 4 amide bonds. The van der Waals surface area contributed by atoms with E-state index in [0.717, 1.165) is 24.0 Å². The zero-order valence-corrected chi connectivity index (χ0v) is 25.0. The van der Waals surface area contributed by atoms with Crippen LogP contribution in [0.2, 0.25) is 0 Å². The number of carbonyl (C=O) groups is 4. The second-order valence-electron chi connectivity index (χ2n) is 10.9. The molecule has 0 spiro atoms. The van der Waals surface area contributed by atoms with Gasteiger partial charge in [-0.1, -0.05) is 60.7 Å². The number of piperidine rings is 1. The van der Waals surface area contributed by atoms with Gasteiger partial charge >= 0.3 is 18.3 Å². The summed E-state index contributed by atoms with van der Waals surface area (Å²) in [6.07, 6.45) is 0.480. The van der Waals surface area contributed by atoms with E-state index in [2.05, 4.69) is 20.9 Å². The molecule has 12 heteroatoms. The maximum atomic E-state index is 12.9. The largest absolute Gasteiger partial charge is 0.444 e. The number of likely N-dealkylation sites (tertiary alicyclic amines) is 1. The van der Waals surface area contributed by atoms with Crippen molar-refractivity contribution >= 4 is 30.1 Å². The standard InChI is InChI=1S/C31H41N5O7/c1-31(2,3)43-30(40)36-20-11-10-17-25(36)26(37)32-18-12-19-33-27(34-28(38)41-21-23-13-6-4-7-14-23)35-29(39)42-22-24-15-8-5-9-16-24/h4-9,13-16,25H,10-12,17-22H2,1-3H3,(H,32,37)(H2,33,34,35,38,39). The SMILES string of the molecule is CC(C)(C)OC(=O)N1CCCCC1C(=O)NCCCN=C(NC(=O)OCc1ccccc1)NC(=O)OCc1ccccc1. The van der Waals surface area contributed by atoms with Crippen LogP contribution >= 0.6 is 0 Å². The van der Waals surface area contributed by atoms with Crippen LogP contribution in [0.4, 0.5) is 14.4 Å².